The fraction of sp³-hybridized carbons (Fsp3) is 0.600. The first-order valence-corrected chi connectivity index (χ1v) is 12.3. The van der Waals surface area contributed by atoms with Crippen LogP contribution in [0.15, 0.2) is 18.2 Å². The van der Waals surface area contributed by atoms with Crippen molar-refractivity contribution in [2.45, 2.75) is 54.4 Å². The van der Waals surface area contributed by atoms with E-state index in [9.17, 15) is 8.42 Å². The molecule has 0 aliphatic rings. The van der Waals surface area contributed by atoms with Gasteiger partial charge >= 0.3 is 0 Å². The molecule has 0 heterocycles. The molecule has 0 saturated carbocycles. The van der Waals surface area contributed by atoms with Crippen LogP contribution in [0.2, 0.25) is 0 Å². The molecule has 1 aromatic rings. The monoisotopic (exact) mass is 470 g/mol. The van der Waals surface area contributed by atoms with E-state index in [2.05, 4.69) is 0 Å². The van der Waals surface area contributed by atoms with Crippen LogP contribution in [0.3, 0.4) is 0 Å². The summed E-state index contributed by atoms with van der Waals surface area (Å²) in [4.78, 5) is 0. The lowest BCUT2D eigenvalue weighted by atomic mass is 10.1. The number of aryl methyl sites for hydroxylation is 1. The summed E-state index contributed by atoms with van der Waals surface area (Å²) in [5, 5.41) is 0. The Balaban J connectivity index is 0. The molecule has 0 unspecified atom stereocenters. The van der Waals surface area contributed by atoms with Crippen molar-refractivity contribution in [1.82, 2.24) is 0 Å². The molecule has 178 valence electrons. The van der Waals surface area contributed by atoms with Gasteiger partial charge in [0.2, 0.25) is 0 Å². The quantitative estimate of drug-likeness (QED) is 0.212. The van der Waals surface area contributed by atoms with Gasteiger partial charge in [-0.3, -0.25) is 4.55 Å². The first kappa shape index (κ1) is 30.9. The number of benzene rings is 1. The van der Waals surface area contributed by atoms with E-state index < -0.39 is 21.0 Å². The van der Waals surface area contributed by atoms with E-state index in [4.69, 9.17) is 27.7 Å². The minimum Gasteiger partial charge on any atom is -0.493 e. The second kappa shape index (κ2) is 14.7. The molecule has 0 spiro atoms. The highest BCUT2D eigenvalue weighted by molar-refractivity contribution is 8.19. The highest BCUT2D eigenvalue weighted by Crippen LogP contribution is 2.33. The van der Waals surface area contributed by atoms with Crippen molar-refractivity contribution in [1.29, 1.82) is 0 Å². The zero-order valence-corrected chi connectivity index (χ0v) is 17.8. The maximum Gasteiger partial charge on any atom is 0.264 e. The summed E-state index contributed by atoms with van der Waals surface area (Å²) in [6.07, 6.45) is 5.56. The first-order chi connectivity index (χ1) is 13.0. The number of ether oxygens (including phenoxy) is 2. The molecule has 0 aliphatic heterocycles. The lowest BCUT2D eigenvalue weighted by molar-refractivity contribution is 0.297. The van der Waals surface area contributed by atoms with Gasteiger partial charge in [-0.25, -0.2) is 0 Å². The van der Waals surface area contributed by atoms with Gasteiger partial charge in [0, 0.05) is 11.3 Å². The molecule has 1 rings (SSSR count). The van der Waals surface area contributed by atoms with Gasteiger partial charge in [0.25, 0.3) is 10.1 Å². The van der Waals surface area contributed by atoms with Crippen LogP contribution in [0.1, 0.15) is 58.6 Å². The highest BCUT2D eigenvalue weighted by atomic mass is 32.3. The molecule has 0 fully saturated rings. The molecule has 0 aliphatic carbocycles. The Hall–Kier alpha value is -1.30. The second-order valence-corrected chi connectivity index (χ2v) is 9.63. The van der Waals surface area contributed by atoms with Crippen molar-refractivity contribution in [3.63, 3.8) is 0 Å². The minimum atomic E-state index is -3.94. The van der Waals surface area contributed by atoms with Crippen molar-refractivity contribution in [3.05, 3.63) is 29.3 Å². The van der Waals surface area contributed by atoms with Crippen LogP contribution in [0.25, 0.3) is 6.08 Å². The Labute approximate surface area is 183 Å². The summed E-state index contributed by atoms with van der Waals surface area (Å²) in [5.74, 6) is 0.991. The third-order valence-electron chi connectivity index (χ3n) is 3.78. The molecule has 0 bridgehead atoms. The third-order valence-corrected chi connectivity index (χ3v) is 5.42. The van der Waals surface area contributed by atoms with Gasteiger partial charge in [0.15, 0.2) is 0 Å². The summed E-state index contributed by atoms with van der Waals surface area (Å²) in [6, 6.07) is 3.69. The van der Waals surface area contributed by atoms with Crippen molar-refractivity contribution < 1.29 is 36.1 Å². The fourth-order valence-corrected chi connectivity index (χ4v) is 3.58. The lowest BCUT2D eigenvalue weighted by Gasteiger charge is -2.18. The molecular weight excluding hydrogens is 432 g/mol. The molecule has 0 radical (unpaired) electrons. The predicted molar refractivity (Wildman–Crippen MR) is 126 cm³/mol. The predicted octanol–water partition coefficient (Wildman–Crippen LogP) is 5.73. The van der Waals surface area contributed by atoms with Gasteiger partial charge in [-0.15, -0.1) is 0 Å². The molecule has 1 aromatic carbocycles. The molecule has 0 aromatic heterocycles. The van der Waals surface area contributed by atoms with Crippen LogP contribution in [0, 0.1) is 6.92 Å². The fourth-order valence-electron chi connectivity index (χ4n) is 2.42. The zero-order valence-electron chi connectivity index (χ0n) is 16.2. The first-order valence-electron chi connectivity index (χ1n) is 8.98. The Morgan fingerprint density at radius 2 is 1.40 bits per heavy atom. The molecule has 0 amide bonds. The van der Waals surface area contributed by atoms with E-state index in [-0.39, 0.29) is 26.4 Å². The van der Waals surface area contributed by atoms with E-state index in [0.717, 1.165) is 11.1 Å². The van der Waals surface area contributed by atoms with Crippen molar-refractivity contribution in [2.24, 2.45) is 0 Å². The molecule has 10 heteroatoms. The average Bonchev–Trinajstić information content (AvgIpc) is 2.55. The number of allylic oxidation sites excluding steroid dienone is 1. The summed E-state index contributed by atoms with van der Waals surface area (Å²) in [7, 11) is -7.39. The number of unbranched alkanes of at least 4 members (excludes halogenated alkanes) is 2. The van der Waals surface area contributed by atoms with Gasteiger partial charge < -0.3 is 23.1 Å². The average molecular weight is 471 g/mol. The molecule has 30 heavy (non-hydrogen) atoms. The molecule has 0 saturated heterocycles. The topological polar surface area (TPSA) is 134 Å². The van der Waals surface area contributed by atoms with Gasteiger partial charge in [0.05, 0.1) is 29.8 Å². The van der Waals surface area contributed by atoms with E-state index in [1.54, 1.807) is 0 Å². The highest BCUT2D eigenvalue weighted by Gasteiger charge is 2.11. The standard InChI is InChI=1S/C18H30O8S2.2CH4/c1-3-8-16-14-17(25-9-4-6-11-27(19,20)21)15(2)13-18(16)26-10-5-7-12-28(22,23)24;;/h3,8,13-14,19-21H,4-7,9-12H2,1-2H3,(H,22,23,24);2*1H4. The minimum absolute atomic E-state index is 0. The summed E-state index contributed by atoms with van der Waals surface area (Å²) in [6.45, 7) is 4.46. The summed E-state index contributed by atoms with van der Waals surface area (Å²) in [5.41, 5.74) is 1.69. The normalized spacial score (nSPS) is 12.2. The Morgan fingerprint density at radius 1 is 0.867 bits per heavy atom. The largest absolute Gasteiger partial charge is 0.493 e. The summed E-state index contributed by atoms with van der Waals surface area (Å²) < 4.78 is 68.5. The maximum absolute atomic E-state index is 10.7. The van der Waals surface area contributed by atoms with Crippen molar-refractivity contribution in [3.8, 4) is 11.5 Å². The van der Waals surface area contributed by atoms with Crippen LogP contribution in [0.4, 0.5) is 0 Å². The second-order valence-electron chi connectivity index (χ2n) is 6.39. The van der Waals surface area contributed by atoms with Crippen LogP contribution in [-0.4, -0.2) is 51.3 Å². The van der Waals surface area contributed by atoms with Crippen molar-refractivity contribution in [2.75, 3.05) is 24.7 Å². The number of hydrogen-bond donors (Lipinski definition) is 4. The van der Waals surface area contributed by atoms with Crippen LogP contribution < -0.4 is 9.47 Å². The third kappa shape index (κ3) is 13.8. The van der Waals surface area contributed by atoms with Gasteiger partial charge in [0.1, 0.15) is 11.5 Å². The molecule has 0 atom stereocenters. The van der Waals surface area contributed by atoms with E-state index in [1.165, 1.54) is 0 Å². The smallest absolute Gasteiger partial charge is 0.264 e. The lowest BCUT2D eigenvalue weighted by Crippen LogP contribution is -2.07. The van der Waals surface area contributed by atoms with Crippen LogP contribution in [0.5, 0.6) is 11.5 Å². The van der Waals surface area contributed by atoms with Crippen molar-refractivity contribution >= 4 is 27.1 Å². The van der Waals surface area contributed by atoms with Crippen LogP contribution >= 0.6 is 10.9 Å². The van der Waals surface area contributed by atoms with E-state index in [0.29, 0.717) is 50.4 Å². The maximum atomic E-state index is 10.7. The van der Waals surface area contributed by atoms with Crippen LogP contribution in [-0.2, 0) is 10.1 Å². The number of hydrogen-bond acceptors (Lipinski definition) is 7. The SMILES string of the molecule is C.C.CC=Cc1cc(OCCCCS(O)(O)O)c(C)cc1OCCCCS(=O)(=O)O. The Bertz CT molecular complexity index is 740. The zero-order chi connectivity index (χ0) is 21.2. The Kier molecular flexibility index (Phi) is 15.1. The molecule has 4 N–H and O–H groups in total. The van der Waals surface area contributed by atoms with E-state index in [1.807, 2.05) is 38.1 Å². The van der Waals surface area contributed by atoms with Gasteiger partial charge in [-0.2, -0.15) is 8.42 Å². The molecular formula is C20H38O8S2. The molecule has 8 nitrogen and oxygen atoms in total. The van der Waals surface area contributed by atoms with E-state index >= 15 is 0 Å². The summed E-state index contributed by atoms with van der Waals surface area (Å²) >= 11 is 0. The number of rotatable bonds is 13. The Morgan fingerprint density at radius 3 is 1.90 bits per heavy atom. The van der Waals surface area contributed by atoms with Gasteiger partial charge in [-0.1, -0.05) is 27.0 Å². The van der Waals surface area contributed by atoms with Gasteiger partial charge in [-0.05, 0) is 57.2 Å².